The molecule has 1 unspecified atom stereocenters. The predicted molar refractivity (Wildman–Crippen MR) is 99.7 cm³/mol. The van der Waals surface area contributed by atoms with Gasteiger partial charge in [-0.15, -0.1) is 11.3 Å². The van der Waals surface area contributed by atoms with E-state index in [2.05, 4.69) is 18.2 Å². The van der Waals surface area contributed by atoms with Gasteiger partial charge in [0.25, 0.3) is 0 Å². The zero-order valence-electron chi connectivity index (χ0n) is 14.4. The second-order valence-electron chi connectivity index (χ2n) is 6.69. The number of thiophene rings is 1. The Labute approximate surface area is 151 Å². The highest BCUT2D eigenvalue weighted by molar-refractivity contribution is 7.15. The van der Waals surface area contributed by atoms with Gasteiger partial charge in [-0.05, 0) is 48.6 Å². The molecule has 6 heteroatoms. The van der Waals surface area contributed by atoms with E-state index in [0.717, 1.165) is 33.9 Å². The average molecular weight is 355 g/mol. The number of rotatable bonds is 4. The summed E-state index contributed by atoms with van der Waals surface area (Å²) < 4.78 is 5.32. The molecule has 1 aliphatic heterocycles. The summed E-state index contributed by atoms with van der Waals surface area (Å²) in [6.07, 6.45) is 2.59. The molecule has 1 aromatic carbocycles. The van der Waals surface area contributed by atoms with E-state index < -0.39 is 5.54 Å². The van der Waals surface area contributed by atoms with Gasteiger partial charge in [0.1, 0.15) is 11.3 Å². The highest BCUT2D eigenvalue weighted by Gasteiger charge is 2.51. The van der Waals surface area contributed by atoms with Crippen molar-refractivity contribution in [3.63, 3.8) is 0 Å². The Hall–Kier alpha value is -2.34. The van der Waals surface area contributed by atoms with Crippen molar-refractivity contribution < 1.29 is 9.53 Å². The molecule has 4 rings (SSSR count). The summed E-state index contributed by atoms with van der Waals surface area (Å²) in [5.41, 5.74) is 6.66. The Kier molecular flexibility index (Phi) is 3.80. The van der Waals surface area contributed by atoms with E-state index >= 15 is 0 Å². The monoisotopic (exact) mass is 355 g/mol. The molecule has 1 aromatic heterocycles. The van der Waals surface area contributed by atoms with Crippen molar-refractivity contribution in [1.82, 2.24) is 4.90 Å². The van der Waals surface area contributed by atoms with Gasteiger partial charge in [-0.2, -0.15) is 0 Å². The summed E-state index contributed by atoms with van der Waals surface area (Å²) in [4.78, 5) is 21.0. The summed E-state index contributed by atoms with van der Waals surface area (Å²) in [5.74, 6) is 1.59. The lowest BCUT2D eigenvalue weighted by Crippen LogP contribution is -2.49. The van der Waals surface area contributed by atoms with Gasteiger partial charge in [-0.3, -0.25) is 9.69 Å². The molecule has 0 radical (unpaired) electrons. The van der Waals surface area contributed by atoms with Crippen LogP contribution in [0.15, 0.2) is 41.4 Å². The number of ether oxygens (including phenoxy) is 1. The first-order valence-corrected chi connectivity index (χ1v) is 9.22. The van der Waals surface area contributed by atoms with Crippen LogP contribution in [0.4, 0.5) is 0 Å². The van der Waals surface area contributed by atoms with Crippen molar-refractivity contribution in [2.75, 3.05) is 14.2 Å². The topological polar surface area (TPSA) is 67.9 Å². The van der Waals surface area contributed by atoms with E-state index in [4.69, 9.17) is 15.5 Å². The highest BCUT2D eigenvalue weighted by Crippen LogP contribution is 2.54. The van der Waals surface area contributed by atoms with Gasteiger partial charge in [0.2, 0.25) is 5.91 Å². The quantitative estimate of drug-likeness (QED) is 0.916. The summed E-state index contributed by atoms with van der Waals surface area (Å²) in [6, 6.07) is 12.2. The van der Waals surface area contributed by atoms with Crippen molar-refractivity contribution in [2.45, 2.75) is 24.8 Å². The summed E-state index contributed by atoms with van der Waals surface area (Å²) in [6.45, 7) is 0. The standard InChI is InChI=1S/C19H21N3O2S/c1-22-17(23)11-19(13-6-7-13,21-18(22)20)16-9-8-15(25-16)12-4-3-5-14(10-12)24-2/h3-5,8-10,13H,6-7,11H2,1-2H3,(H2,20,21). The number of benzene rings is 1. The van der Waals surface area contributed by atoms with E-state index in [1.165, 1.54) is 4.90 Å². The molecule has 1 saturated carbocycles. The van der Waals surface area contributed by atoms with Crippen molar-refractivity contribution in [3.8, 4) is 16.2 Å². The Morgan fingerprint density at radius 1 is 1.32 bits per heavy atom. The molecule has 130 valence electrons. The second-order valence-corrected chi connectivity index (χ2v) is 7.78. The normalized spacial score (nSPS) is 23.5. The van der Waals surface area contributed by atoms with Crippen LogP contribution in [0.3, 0.4) is 0 Å². The first kappa shape index (κ1) is 16.1. The number of hydrogen-bond donors (Lipinski definition) is 1. The van der Waals surface area contributed by atoms with E-state index in [1.54, 1.807) is 25.5 Å². The molecule has 2 N–H and O–H groups in total. The SMILES string of the molecule is COc1cccc(-c2ccc(C3(C4CC4)CC(=O)N(C)C(N)=N3)s2)c1. The number of hydrogen-bond acceptors (Lipinski definition) is 5. The number of guanidine groups is 1. The zero-order valence-corrected chi connectivity index (χ0v) is 15.2. The van der Waals surface area contributed by atoms with Crippen LogP contribution >= 0.6 is 11.3 Å². The van der Waals surface area contributed by atoms with Gasteiger partial charge in [-0.1, -0.05) is 12.1 Å². The molecule has 2 heterocycles. The van der Waals surface area contributed by atoms with E-state index in [0.29, 0.717) is 18.3 Å². The molecule has 1 aliphatic carbocycles. The molecule has 1 fully saturated rings. The van der Waals surface area contributed by atoms with Crippen LogP contribution in [0, 0.1) is 5.92 Å². The Balaban J connectivity index is 1.76. The fourth-order valence-corrected chi connectivity index (χ4v) is 4.65. The fraction of sp³-hybridized carbons (Fsp3) is 0.368. The Morgan fingerprint density at radius 3 is 2.80 bits per heavy atom. The first-order chi connectivity index (χ1) is 12.0. The van der Waals surface area contributed by atoms with Crippen LogP contribution in [0.25, 0.3) is 10.4 Å². The molecule has 0 saturated heterocycles. The summed E-state index contributed by atoms with van der Waals surface area (Å²) >= 11 is 1.70. The van der Waals surface area contributed by atoms with Crippen LogP contribution in [-0.4, -0.2) is 30.9 Å². The average Bonchev–Trinajstić information content (AvgIpc) is 3.36. The molecule has 25 heavy (non-hydrogen) atoms. The van der Waals surface area contributed by atoms with Crippen LogP contribution in [0.1, 0.15) is 24.1 Å². The van der Waals surface area contributed by atoms with Crippen molar-refractivity contribution in [1.29, 1.82) is 0 Å². The van der Waals surface area contributed by atoms with Crippen LogP contribution in [0.5, 0.6) is 5.75 Å². The lowest BCUT2D eigenvalue weighted by Gasteiger charge is -2.35. The van der Waals surface area contributed by atoms with E-state index in [-0.39, 0.29) is 5.91 Å². The molecule has 0 spiro atoms. The second kappa shape index (κ2) is 5.88. The number of nitrogens with zero attached hydrogens (tertiary/aromatic N) is 2. The lowest BCUT2D eigenvalue weighted by molar-refractivity contribution is -0.128. The molecular formula is C19H21N3O2S. The molecule has 1 atom stereocenters. The minimum absolute atomic E-state index is 0.0377. The third-order valence-electron chi connectivity index (χ3n) is 5.09. The minimum Gasteiger partial charge on any atom is -0.497 e. The summed E-state index contributed by atoms with van der Waals surface area (Å²) in [5, 5.41) is 0. The third-order valence-corrected chi connectivity index (χ3v) is 6.39. The van der Waals surface area contributed by atoms with Crippen LogP contribution < -0.4 is 10.5 Å². The van der Waals surface area contributed by atoms with Crippen molar-refractivity contribution in [2.24, 2.45) is 16.6 Å². The smallest absolute Gasteiger partial charge is 0.231 e. The lowest BCUT2D eigenvalue weighted by atomic mass is 9.86. The molecule has 0 bridgehead atoms. The molecule has 5 nitrogen and oxygen atoms in total. The molecular weight excluding hydrogens is 334 g/mol. The van der Waals surface area contributed by atoms with Crippen molar-refractivity contribution in [3.05, 3.63) is 41.3 Å². The van der Waals surface area contributed by atoms with Crippen molar-refractivity contribution >= 4 is 23.2 Å². The predicted octanol–water partition coefficient (Wildman–Crippen LogP) is 3.21. The maximum atomic E-state index is 12.4. The van der Waals surface area contributed by atoms with Gasteiger partial charge >= 0.3 is 0 Å². The van der Waals surface area contributed by atoms with E-state index in [1.807, 2.05) is 18.2 Å². The number of aliphatic imine (C=N–C) groups is 1. The summed E-state index contributed by atoms with van der Waals surface area (Å²) in [7, 11) is 3.36. The molecule has 1 amide bonds. The maximum Gasteiger partial charge on any atom is 0.231 e. The number of carbonyl (C=O) groups is 1. The third kappa shape index (κ3) is 2.70. The zero-order chi connectivity index (χ0) is 17.6. The number of carbonyl (C=O) groups excluding carboxylic acids is 1. The maximum absolute atomic E-state index is 12.4. The molecule has 2 aliphatic rings. The number of amides is 1. The van der Waals surface area contributed by atoms with Gasteiger partial charge in [0.15, 0.2) is 5.96 Å². The minimum atomic E-state index is -0.491. The largest absolute Gasteiger partial charge is 0.497 e. The van der Waals surface area contributed by atoms with Crippen LogP contribution in [-0.2, 0) is 10.3 Å². The number of nitrogens with two attached hydrogens (primary N) is 1. The Bertz CT molecular complexity index is 856. The van der Waals surface area contributed by atoms with E-state index in [9.17, 15) is 4.79 Å². The Morgan fingerprint density at radius 2 is 2.12 bits per heavy atom. The number of methoxy groups -OCH3 is 1. The fourth-order valence-electron chi connectivity index (χ4n) is 3.44. The molecule has 2 aromatic rings. The van der Waals surface area contributed by atoms with Gasteiger partial charge in [-0.25, -0.2) is 4.99 Å². The van der Waals surface area contributed by atoms with Gasteiger partial charge in [0, 0.05) is 16.8 Å². The highest BCUT2D eigenvalue weighted by atomic mass is 32.1. The first-order valence-electron chi connectivity index (χ1n) is 8.40. The van der Waals surface area contributed by atoms with Gasteiger partial charge < -0.3 is 10.5 Å². The van der Waals surface area contributed by atoms with Crippen LogP contribution in [0.2, 0.25) is 0 Å². The van der Waals surface area contributed by atoms with Gasteiger partial charge in [0.05, 0.1) is 13.5 Å².